The zero-order valence-corrected chi connectivity index (χ0v) is 13.4. The van der Waals surface area contributed by atoms with E-state index in [1.165, 1.54) is 12.5 Å². The van der Waals surface area contributed by atoms with Crippen molar-refractivity contribution in [3.8, 4) is 6.07 Å². The Labute approximate surface area is 131 Å². The van der Waals surface area contributed by atoms with Crippen LogP contribution < -0.4 is 5.32 Å². The molecule has 0 spiro atoms. The Bertz CT molecular complexity index is 581. The van der Waals surface area contributed by atoms with Crippen LogP contribution in [0.2, 0.25) is 0 Å². The maximum Gasteiger partial charge on any atom is 0.193 e. The van der Waals surface area contributed by atoms with E-state index in [1.54, 1.807) is 19.2 Å². The van der Waals surface area contributed by atoms with Crippen molar-refractivity contribution in [3.05, 3.63) is 35.1 Å². The molecule has 4 nitrogen and oxygen atoms in total. The zero-order valence-electron chi connectivity index (χ0n) is 13.4. The Morgan fingerprint density at radius 3 is 2.64 bits per heavy atom. The van der Waals surface area contributed by atoms with Crippen molar-refractivity contribution >= 4 is 5.96 Å². The van der Waals surface area contributed by atoms with Gasteiger partial charge in [-0.05, 0) is 30.4 Å². The molecule has 1 aliphatic rings. The molecule has 0 aliphatic carbocycles. The molecule has 5 heteroatoms. The van der Waals surface area contributed by atoms with Gasteiger partial charge in [-0.1, -0.05) is 19.9 Å². The number of hydrogen-bond acceptors (Lipinski definition) is 2. The SMILES string of the molecule is CN=C(NCc1ccc(C#N)cc1F)N1CC(C)CC(C)C1. The number of likely N-dealkylation sites (tertiary alicyclic amines) is 1. The lowest BCUT2D eigenvalue weighted by molar-refractivity contribution is 0.208. The Balaban J connectivity index is 2.01. The molecule has 2 unspecified atom stereocenters. The summed E-state index contributed by atoms with van der Waals surface area (Å²) >= 11 is 0. The third-order valence-electron chi connectivity index (χ3n) is 4.00. The van der Waals surface area contributed by atoms with E-state index in [4.69, 9.17) is 5.26 Å². The molecular formula is C17H23FN4. The molecule has 1 fully saturated rings. The lowest BCUT2D eigenvalue weighted by Crippen LogP contribution is -2.48. The van der Waals surface area contributed by atoms with Gasteiger partial charge in [-0.15, -0.1) is 0 Å². The number of rotatable bonds is 2. The summed E-state index contributed by atoms with van der Waals surface area (Å²) in [6.07, 6.45) is 1.23. The van der Waals surface area contributed by atoms with E-state index in [2.05, 4.69) is 29.1 Å². The van der Waals surface area contributed by atoms with Crippen LogP contribution in [0.1, 0.15) is 31.4 Å². The van der Waals surface area contributed by atoms with Crippen LogP contribution in [0.15, 0.2) is 23.2 Å². The maximum absolute atomic E-state index is 13.9. The van der Waals surface area contributed by atoms with Crippen LogP contribution in [0.5, 0.6) is 0 Å². The van der Waals surface area contributed by atoms with Crippen LogP contribution in [0.4, 0.5) is 4.39 Å². The third-order valence-corrected chi connectivity index (χ3v) is 4.00. The molecular weight excluding hydrogens is 279 g/mol. The molecule has 1 saturated heterocycles. The van der Waals surface area contributed by atoms with E-state index in [-0.39, 0.29) is 5.82 Å². The molecule has 0 radical (unpaired) electrons. The van der Waals surface area contributed by atoms with Crippen molar-refractivity contribution in [2.24, 2.45) is 16.8 Å². The first-order valence-electron chi connectivity index (χ1n) is 7.67. The van der Waals surface area contributed by atoms with Crippen molar-refractivity contribution in [3.63, 3.8) is 0 Å². The van der Waals surface area contributed by atoms with E-state index in [9.17, 15) is 4.39 Å². The maximum atomic E-state index is 13.9. The van der Waals surface area contributed by atoms with Gasteiger partial charge >= 0.3 is 0 Å². The van der Waals surface area contributed by atoms with Crippen molar-refractivity contribution < 1.29 is 4.39 Å². The number of nitriles is 1. The number of benzene rings is 1. The Hall–Kier alpha value is -2.09. The van der Waals surface area contributed by atoms with Crippen LogP contribution in [0.3, 0.4) is 0 Å². The predicted octanol–water partition coefficient (Wildman–Crippen LogP) is 2.75. The number of nitrogens with zero attached hydrogens (tertiary/aromatic N) is 3. The molecule has 0 saturated carbocycles. The van der Waals surface area contributed by atoms with Gasteiger partial charge in [-0.3, -0.25) is 4.99 Å². The average molecular weight is 302 g/mol. The fourth-order valence-electron chi connectivity index (χ4n) is 3.10. The molecule has 1 N–H and O–H groups in total. The molecule has 2 atom stereocenters. The van der Waals surface area contributed by atoms with E-state index in [0.717, 1.165) is 19.0 Å². The molecule has 1 aliphatic heterocycles. The number of halogens is 1. The van der Waals surface area contributed by atoms with E-state index in [1.807, 2.05) is 6.07 Å². The number of piperidine rings is 1. The molecule has 1 aromatic rings. The molecule has 1 heterocycles. The number of aliphatic imine (C=N–C) groups is 1. The van der Waals surface area contributed by atoms with Crippen LogP contribution in [0.25, 0.3) is 0 Å². The minimum Gasteiger partial charge on any atom is -0.352 e. The first-order chi connectivity index (χ1) is 10.5. The Morgan fingerprint density at radius 2 is 2.09 bits per heavy atom. The summed E-state index contributed by atoms with van der Waals surface area (Å²) in [4.78, 5) is 6.55. The quantitative estimate of drug-likeness (QED) is 0.675. The summed E-state index contributed by atoms with van der Waals surface area (Å²) in [5, 5.41) is 12.0. The average Bonchev–Trinajstić information content (AvgIpc) is 2.48. The smallest absolute Gasteiger partial charge is 0.193 e. The highest BCUT2D eigenvalue weighted by molar-refractivity contribution is 5.80. The second-order valence-electron chi connectivity index (χ2n) is 6.17. The van der Waals surface area contributed by atoms with Gasteiger partial charge in [-0.2, -0.15) is 5.26 Å². The Kier molecular flexibility index (Phi) is 5.37. The topological polar surface area (TPSA) is 51.4 Å². The van der Waals surface area contributed by atoms with Gasteiger partial charge in [0.2, 0.25) is 0 Å². The van der Waals surface area contributed by atoms with Gasteiger partial charge in [0.25, 0.3) is 0 Å². The molecule has 0 amide bonds. The van der Waals surface area contributed by atoms with Crippen molar-refractivity contribution in [2.45, 2.75) is 26.8 Å². The monoisotopic (exact) mass is 302 g/mol. The lowest BCUT2D eigenvalue weighted by Gasteiger charge is -2.37. The van der Waals surface area contributed by atoms with Gasteiger partial charge in [0, 0.05) is 32.2 Å². The van der Waals surface area contributed by atoms with Crippen molar-refractivity contribution in [1.29, 1.82) is 5.26 Å². The van der Waals surface area contributed by atoms with Crippen LogP contribution >= 0.6 is 0 Å². The predicted molar refractivity (Wildman–Crippen MR) is 85.8 cm³/mol. The highest BCUT2D eigenvalue weighted by Gasteiger charge is 2.24. The molecule has 22 heavy (non-hydrogen) atoms. The normalized spacial score (nSPS) is 22.3. The van der Waals surface area contributed by atoms with Gasteiger partial charge in [0.1, 0.15) is 5.82 Å². The zero-order chi connectivity index (χ0) is 16.1. The Morgan fingerprint density at radius 1 is 1.41 bits per heavy atom. The van der Waals surface area contributed by atoms with E-state index < -0.39 is 0 Å². The van der Waals surface area contributed by atoms with E-state index >= 15 is 0 Å². The lowest BCUT2D eigenvalue weighted by atomic mass is 9.92. The van der Waals surface area contributed by atoms with Gasteiger partial charge in [0.15, 0.2) is 5.96 Å². The molecule has 118 valence electrons. The summed E-state index contributed by atoms with van der Waals surface area (Å²) < 4.78 is 13.9. The van der Waals surface area contributed by atoms with E-state index in [0.29, 0.717) is 29.5 Å². The minimum atomic E-state index is -0.359. The molecule has 0 aromatic heterocycles. The van der Waals surface area contributed by atoms with Gasteiger partial charge in [0.05, 0.1) is 11.6 Å². The minimum absolute atomic E-state index is 0.337. The largest absolute Gasteiger partial charge is 0.352 e. The van der Waals surface area contributed by atoms with Crippen LogP contribution in [0, 0.1) is 29.0 Å². The molecule has 0 bridgehead atoms. The summed E-state index contributed by atoms with van der Waals surface area (Å²) in [6, 6.07) is 6.49. The van der Waals surface area contributed by atoms with Gasteiger partial charge in [-0.25, -0.2) is 4.39 Å². The highest BCUT2D eigenvalue weighted by atomic mass is 19.1. The highest BCUT2D eigenvalue weighted by Crippen LogP contribution is 2.21. The molecule has 1 aromatic carbocycles. The second kappa shape index (κ2) is 7.26. The first kappa shape index (κ1) is 16.3. The van der Waals surface area contributed by atoms with Crippen molar-refractivity contribution in [1.82, 2.24) is 10.2 Å². The summed E-state index contributed by atoms with van der Waals surface area (Å²) in [6.45, 7) is 6.80. The number of hydrogen-bond donors (Lipinski definition) is 1. The summed E-state index contributed by atoms with van der Waals surface area (Å²) in [5.41, 5.74) is 0.877. The molecule has 2 rings (SSSR count). The fourth-order valence-corrected chi connectivity index (χ4v) is 3.10. The third kappa shape index (κ3) is 3.97. The van der Waals surface area contributed by atoms with Gasteiger partial charge < -0.3 is 10.2 Å². The van der Waals surface area contributed by atoms with Crippen LogP contribution in [-0.4, -0.2) is 31.0 Å². The fraction of sp³-hybridized carbons (Fsp3) is 0.529. The van der Waals surface area contributed by atoms with Crippen molar-refractivity contribution in [2.75, 3.05) is 20.1 Å². The first-order valence-corrected chi connectivity index (χ1v) is 7.67. The second-order valence-corrected chi connectivity index (χ2v) is 6.17. The standard InChI is InChI=1S/C17H23FN4/c1-12-6-13(2)11-22(10-12)17(20-3)21-9-15-5-4-14(8-19)7-16(15)18/h4-5,7,12-13H,6,9-11H2,1-3H3,(H,20,21). The summed E-state index contributed by atoms with van der Waals surface area (Å²) in [7, 11) is 1.75. The number of guanidine groups is 1. The number of nitrogens with one attached hydrogen (secondary N) is 1. The summed E-state index contributed by atoms with van der Waals surface area (Å²) in [5.74, 6) is 1.72. The van der Waals surface area contributed by atoms with Crippen LogP contribution in [-0.2, 0) is 6.54 Å².